The molecule has 0 N–H and O–H groups in total. The van der Waals surface area contributed by atoms with Crippen LogP contribution in [0, 0.1) is 5.92 Å². The van der Waals surface area contributed by atoms with Crippen LogP contribution in [0.4, 0.5) is 0 Å². The highest BCUT2D eigenvalue weighted by molar-refractivity contribution is 6.11. The topological polar surface area (TPSA) is 27.7 Å². The lowest BCUT2D eigenvalue weighted by atomic mass is 9.80. The molecule has 1 fully saturated rings. The molecule has 0 aromatic rings. The van der Waals surface area contributed by atoms with Crippen LogP contribution in [0.15, 0.2) is 12.2 Å². The molecule has 1 rings (SSSR count). The van der Waals surface area contributed by atoms with Crippen LogP contribution in [0.1, 0.15) is 6.42 Å². The molecule has 0 saturated carbocycles. The average molecular weight is 196 g/mol. The summed E-state index contributed by atoms with van der Waals surface area (Å²) in [6.07, 6.45) is 0.840. The van der Waals surface area contributed by atoms with Crippen LogP contribution in [-0.2, 0) is 14.2 Å². The first kappa shape index (κ1) is 11.8. The van der Waals surface area contributed by atoms with Gasteiger partial charge in [-0.15, -0.1) is 0 Å². The van der Waals surface area contributed by atoms with Gasteiger partial charge in [-0.3, -0.25) is 0 Å². The summed E-state index contributed by atoms with van der Waals surface area (Å²) in [4.78, 5) is 0. The third kappa shape index (κ3) is 2.59. The quantitative estimate of drug-likeness (QED) is 0.479. The van der Waals surface area contributed by atoms with Gasteiger partial charge in [0.2, 0.25) is 0 Å². The molecule has 78 valence electrons. The van der Waals surface area contributed by atoms with E-state index in [-0.39, 0.29) is 18.0 Å². The molecule has 0 aliphatic carbocycles. The molecule has 14 heavy (non-hydrogen) atoms. The second-order valence-electron chi connectivity index (χ2n) is 3.50. The van der Waals surface area contributed by atoms with Gasteiger partial charge in [-0.25, -0.2) is 0 Å². The van der Waals surface area contributed by atoms with Crippen molar-refractivity contribution in [2.75, 3.05) is 27.4 Å². The van der Waals surface area contributed by atoms with Gasteiger partial charge in [-0.1, -0.05) is 12.2 Å². The highest BCUT2D eigenvalue weighted by Gasteiger charge is 2.35. The Morgan fingerprint density at radius 3 is 2.86 bits per heavy atom. The van der Waals surface area contributed by atoms with E-state index in [9.17, 15) is 0 Å². The number of methoxy groups -OCH3 is 2. The van der Waals surface area contributed by atoms with E-state index in [0.29, 0.717) is 13.2 Å². The van der Waals surface area contributed by atoms with Crippen molar-refractivity contribution in [3.8, 4) is 0 Å². The minimum absolute atomic E-state index is 0.0364. The predicted octanol–water partition coefficient (Wildman–Crippen LogP) is 0.735. The summed E-state index contributed by atoms with van der Waals surface area (Å²) >= 11 is 0. The molecular weight excluding hydrogens is 179 g/mol. The van der Waals surface area contributed by atoms with Crippen molar-refractivity contribution in [2.45, 2.75) is 18.5 Å². The molecule has 0 amide bonds. The molecule has 2 radical (unpaired) electrons. The SMILES string of the molecule is [B][C@@H]1OCC(OC)C1C(=C)CCOC. The zero-order chi connectivity index (χ0) is 10.6. The summed E-state index contributed by atoms with van der Waals surface area (Å²) < 4.78 is 15.6. The molecule has 0 spiro atoms. The fourth-order valence-corrected chi connectivity index (χ4v) is 1.73. The van der Waals surface area contributed by atoms with Crippen LogP contribution in [0.5, 0.6) is 0 Å². The summed E-state index contributed by atoms with van der Waals surface area (Å²) in [5.74, 6) is 0.0927. The summed E-state index contributed by atoms with van der Waals surface area (Å²) in [5, 5.41) is 0. The number of hydrogen-bond donors (Lipinski definition) is 0. The molecule has 0 bridgehead atoms. The zero-order valence-electron chi connectivity index (χ0n) is 8.86. The highest BCUT2D eigenvalue weighted by atomic mass is 16.5. The third-order valence-corrected chi connectivity index (χ3v) is 2.61. The Balaban J connectivity index is 2.50. The van der Waals surface area contributed by atoms with Crippen LogP contribution in [0.25, 0.3) is 0 Å². The Morgan fingerprint density at radius 2 is 2.29 bits per heavy atom. The summed E-state index contributed by atoms with van der Waals surface area (Å²) in [7, 11) is 9.16. The van der Waals surface area contributed by atoms with E-state index in [4.69, 9.17) is 22.1 Å². The first-order chi connectivity index (χ1) is 6.70. The van der Waals surface area contributed by atoms with Gasteiger partial charge in [-0.05, 0) is 6.42 Å². The smallest absolute Gasteiger partial charge is 0.109 e. The normalized spacial score (nSPS) is 32.0. The fourth-order valence-electron chi connectivity index (χ4n) is 1.73. The van der Waals surface area contributed by atoms with Gasteiger partial charge in [0.05, 0.1) is 12.7 Å². The second kappa shape index (κ2) is 5.54. The summed E-state index contributed by atoms with van der Waals surface area (Å²) in [6, 6.07) is -0.288. The van der Waals surface area contributed by atoms with E-state index < -0.39 is 0 Å². The van der Waals surface area contributed by atoms with Gasteiger partial charge in [-0.2, -0.15) is 0 Å². The van der Waals surface area contributed by atoms with Crippen molar-refractivity contribution >= 4 is 7.85 Å². The third-order valence-electron chi connectivity index (χ3n) is 2.61. The number of ether oxygens (including phenoxy) is 3. The molecule has 1 heterocycles. The number of hydrogen-bond acceptors (Lipinski definition) is 3. The predicted molar refractivity (Wildman–Crippen MR) is 55.4 cm³/mol. The first-order valence-electron chi connectivity index (χ1n) is 4.77. The summed E-state index contributed by atoms with van der Waals surface area (Å²) in [5.41, 5.74) is 1.05. The fraction of sp³-hybridized carbons (Fsp3) is 0.800. The molecule has 2 unspecified atom stereocenters. The first-order valence-corrected chi connectivity index (χ1v) is 4.77. The maximum atomic E-state index is 5.81. The molecule has 1 saturated heterocycles. The van der Waals surface area contributed by atoms with Crippen molar-refractivity contribution in [3.05, 3.63) is 12.2 Å². The second-order valence-corrected chi connectivity index (χ2v) is 3.50. The maximum Gasteiger partial charge on any atom is 0.109 e. The van der Waals surface area contributed by atoms with E-state index in [2.05, 4.69) is 6.58 Å². The standard InChI is InChI=1S/C10H17BO3/c1-7(4-5-12-2)9-8(13-3)6-14-10(9)11/h8-10H,1,4-6H2,2-3H3/t8?,9?,10-/m1/s1. The van der Waals surface area contributed by atoms with Crippen LogP contribution in [0.3, 0.4) is 0 Å². The Hall–Kier alpha value is -0.315. The molecule has 0 aromatic heterocycles. The van der Waals surface area contributed by atoms with E-state index in [1.807, 2.05) is 0 Å². The zero-order valence-corrected chi connectivity index (χ0v) is 8.86. The molecule has 0 aromatic carbocycles. The molecular formula is C10H17BO3. The van der Waals surface area contributed by atoms with Gasteiger partial charge in [0.25, 0.3) is 0 Å². The Bertz CT molecular complexity index is 196. The van der Waals surface area contributed by atoms with Crippen LogP contribution >= 0.6 is 0 Å². The van der Waals surface area contributed by atoms with Gasteiger partial charge >= 0.3 is 0 Å². The largest absolute Gasteiger partial charge is 0.385 e. The van der Waals surface area contributed by atoms with Crippen molar-refractivity contribution in [1.29, 1.82) is 0 Å². The van der Waals surface area contributed by atoms with E-state index in [1.54, 1.807) is 14.2 Å². The molecule has 1 aliphatic rings. The summed E-state index contributed by atoms with van der Waals surface area (Å²) in [6.45, 7) is 5.22. The van der Waals surface area contributed by atoms with Gasteiger partial charge in [0.15, 0.2) is 0 Å². The molecule has 3 nitrogen and oxygen atoms in total. The van der Waals surface area contributed by atoms with E-state index in [1.165, 1.54) is 0 Å². The van der Waals surface area contributed by atoms with Gasteiger partial charge < -0.3 is 14.2 Å². The Labute approximate surface area is 86.8 Å². The molecule has 3 atom stereocenters. The van der Waals surface area contributed by atoms with Crippen LogP contribution in [-0.4, -0.2) is 47.4 Å². The van der Waals surface area contributed by atoms with E-state index >= 15 is 0 Å². The van der Waals surface area contributed by atoms with Crippen molar-refractivity contribution in [3.63, 3.8) is 0 Å². The average Bonchev–Trinajstić information content (AvgIpc) is 2.56. The molecule has 4 heteroatoms. The van der Waals surface area contributed by atoms with Crippen molar-refractivity contribution in [2.24, 2.45) is 5.92 Å². The maximum absolute atomic E-state index is 5.81. The lowest BCUT2D eigenvalue weighted by Gasteiger charge is -2.22. The Kier molecular flexibility index (Phi) is 4.65. The van der Waals surface area contributed by atoms with Crippen molar-refractivity contribution < 1.29 is 14.2 Å². The van der Waals surface area contributed by atoms with Crippen LogP contribution in [0.2, 0.25) is 0 Å². The minimum Gasteiger partial charge on any atom is -0.385 e. The Morgan fingerprint density at radius 1 is 1.57 bits per heavy atom. The van der Waals surface area contributed by atoms with Gasteiger partial charge in [0.1, 0.15) is 7.85 Å². The van der Waals surface area contributed by atoms with Crippen LogP contribution < -0.4 is 0 Å². The lowest BCUT2D eigenvalue weighted by molar-refractivity contribution is 0.0702. The van der Waals surface area contributed by atoms with Crippen molar-refractivity contribution in [1.82, 2.24) is 0 Å². The lowest BCUT2D eigenvalue weighted by Crippen LogP contribution is -2.28. The number of rotatable bonds is 5. The van der Waals surface area contributed by atoms with E-state index in [0.717, 1.165) is 12.0 Å². The minimum atomic E-state index is -0.288. The highest BCUT2D eigenvalue weighted by Crippen LogP contribution is 2.29. The van der Waals surface area contributed by atoms with Gasteiger partial charge in [0, 0.05) is 32.7 Å². The molecule has 1 aliphatic heterocycles. The monoisotopic (exact) mass is 196 g/mol.